The minimum absolute atomic E-state index is 0.0182. The van der Waals surface area contributed by atoms with Gasteiger partial charge in [-0.1, -0.05) is 23.2 Å². The summed E-state index contributed by atoms with van der Waals surface area (Å²) in [4.78, 5) is 27.7. The van der Waals surface area contributed by atoms with Crippen LogP contribution >= 0.6 is 23.2 Å². The molecule has 3 rings (SSSR count). The Morgan fingerprint density at radius 3 is 2.80 bits per heavy atom. The molecule has 136 valence electrons. The van der Waals surface area contributed by atoms with Crippen LogP contribution in [0.5, 0.6) is 5.75 Å². The highest BCUT2D eigenvalue weighted by atomic mass is 35.5. The third-order valence-electron chi connectivity index (χ3n) is 4.99. The summed E-state index contributed by atoms with van der Waals surface area (Å²) in [6, 6.07) is 2.95. The van der Waals surface area contributed by atoms with Crippen LogP contribution in [0.1, 0.15) is 30.7 Å². The second kappa shape index (κ2) is 7.40. The van der Waals surface area contributed by atoms with Crippen molar-refractivity contribution in [3.8, 4) is 5.75 Å². The summed E-state index contributed by atoms with van der Waals surface area (Å²) in [6.45, 7) is 0.814. The first-order valence-corrected chi connectivity index (χ1v) is 9.03. The first kappa shape index (κ1) is 18.3. The third-order valence-corrected chi connectivity index (χ3v) is 5.81. The van der Waals surface area contributed by atoms with E-state index in [0.717, 1.165) is 0 Å². The molecule has 2 aliphatic rings. The third kappa shape index (κ3) is 3.57. The Balaban J connectivity index is 1.80. The van der Waals surface area contributed by atoms with Gasteiger partial charge in [-0.05, 0) is 30.9 Å². The van der Waals surface area contributed by atoms with Gasteiger partial charge in [-0.2, -0.15) is 0 Å². The lowest BCUT2D eigenvalue weighted by atomic mass is 9.83. The van der Waals surface area contributed by atoms with Gasteiger partial charge in [-0.15, -0.1) is 0 Å². The summed E-state index contributed by atoms with van der Waals surface area (Å²) in [6.07, 6.45) is 1.30. The van der Waals surface area contributed by atoms with E-state index in [9.17, 15) is 14.7 Å². The van der Waals surface area contributed by atoms with Crippen molar-refractivity contribution in [3.63, 3.8) is 0 Å². The maximum atomic E-state index is 12.4. The van der Waals surface area contributed by atoms with Crippen molar-refractivity contribution in [2.75, 3.05) is 26.2 Å². The number of aliphatic hydroxyl groups excluding tert-OH is 1. The molecular formula is C17H20Cl2N2O4. The fraction of sp³-hybridized carbons (Fsp3) is 0.529. The van der Waals surface area contributed by atoms with Gasteiger partial charge in [0.25, 0.3) is 0 Å². The molecule has 2 aliphatic heterocycles. The van der Waals surface area contributed by atoms with Gasteiger partial charge in [0.15, 0.2) is 0 Å². The van der Waals surface area contributed by atoms with Gasteiger partial charge >= 0.3 is 0 Å². The van der Waals surface area contributed by atoms with Crippen LogP contribution in [0.25, 0.3) is 0 Å². The largest absolute Gasteiger partial charge is 0.508 e. The number of phenols is 1. The predicted molar refractivity (Wildman–Crippen MR) is 93.9 cm³/mol. The number of carbonyl (C=O) groups excluding carboxylic acids is 2. The van der Waals surface area contributed by atoms with Gasteiger partial charge in [0, 0.05) is 31.1 Å². The number of hydrogen-bond acceptors (Lipinski definition) is 4. The minimum Gasteiger partial charge on any atom is -0.508 e. The van der Waals surface area contributed by atoms with Crippen LogP contribution in [0.3, 0.4) is 0 Å². The Morgan fingerprint density at radius 1 is 1.32 bits per heavy atom. The highest BCUT2D eigenvalue weighted by Gasteiger charge is 2.39. The lowest BCUT2D eigenvalue weighted by Gasteiger charge is -2.46. The molecule has 2 N–H and O–H groups in total. The van der Waals surface area contributed by atoms with E-state index in [1.165, 1.54) is 11.0 Å². The second-order valence-electron chi connectivity index (χ2n) is 6.50. The zero-order chi connectivity index (χ0) is 18.1. The Labute approximate surface area is 155 Å². The summed E-state index contributed by atoms with van der Waals surface area (Å²) < 4.78 is 0. The number of halogens is 2. The molecule has 2 saturated heterocycles. The quantitative estimate of drug-likeness (QED) is 0.832. The highest BCUT2D eigenvalue weighted by Crippen LogP contribution is 2.43. The van der Waals surface area contributed by atoms with Gasteiger partial charge in [-0.3, -0.25) is 9.59 Å². The van der Waals surface area contributed by atoms with E-state index in [0.29, 0.717) is 41.5 Å². The maximum Gasteiger partial charge on any atom is 0.242 e. The number of benzene rings is 1. The summed E-state index contributed by atoms with van der Waals surface area (Å²) in [5.74, 6) is -0.236. The van der Waals surface area contributed by atoms with E-state index in [1.54, 1.807) is 11.0 Å². The Morgan fingerprint density at radius 2 is 2.08 bits per heavy atom. The van der Waals surface area contributed by atoms with E-state index in [-0.39, 0.29) is 49.1 Å². The van der Waals surface area contributed by atoms with Gasteiger partial charge in [0.05, 0.1) is 23.2 Å². The van der Waals surface area contributed by atoms with Crippen molar-refractivity contribution >= 4 is 35.0 Å². The molecule has 0 radical (unpaired) electrons. The van der Waals surface area contributed by atoms with Crippen LogP contribution in [0, 0.1) is 0 Å². The second-order valence-corrected chi connectivity index (χ2v) is 7.29. The van der Waals surface area contributed by atoms with Gasteiger partial charge in [0.2, 0.25) is 11.8 Å². The number of rotatable bonds is 3. The van der Waals surface area contributed by atoms with E-state index in [1.807, 2.05) is 0 Å². The first-order chi connectivity index (χ1) is 11.9. The topological polar surface area (TPSA) is 81.1 Å². The van der Waals surface area contributed by atoms with E-state index in [2.05, 4.69) is 0 Å². The first-order valence-electron chi connectivity index (χ1n) is 8.27. The number of piperazine rings is 1. The number of aliphatic hydroxyl groups is 1. The molecule has 25 heavy (non-hydrogen) atoms. The average Bonchev–Trinajstić information content (AvgIpc) is 2.58. The van der Waals surface area contributed by atoms with E-state index < -0.39 is 0 Å². The van der Waals surface area contributed by atoms with E-state index in [4.69, 9.17) is 28.3 Å². The van der Waals surface area contributed by atoms with Crippen LogP contribution in [0.4, 0.5) is 0 Å². The van der Waals surface area contributed by atoms with E-state index >= 15 is 0 Å². The molecule has 2 heterocycles. The number of nitrogens with zero attached hydrogens (tertiary/aromatic N) is 2. The molecule has 0 aliphatic carbocycles. The summed E-state index contributed by atoms with van der Waals surface area (Å²) in [5.41, 5.74) is 0.611. The number of fused-ring (bicyclic) bond motifs is 1. The maximum absolute atomic E-state index is 12.4. The Kier molecular flexibility index (Phi) is 5.41. The van der Waals surface area contributed by atoms with Crippen molar-refractivity contribution in [2.45, 2.75) is 31.2 Å². The van der Waals surface area contributed by atoms with Gasteiger partial charge in [0.1, 0.15) is 5.75 Å². The molecule has 2 atom stereocenters. The molecule has 2 amide bonds. The number of aromatic hydroxyl groups is 1. The van der Waals surface area contributed by atoms with Crippen LogP contribution in [0.2, 0.25) is 10.0 Å². The molecule has 1 unspecified atom stereocenters. The molecule has 0 saturated carbocycles. The molecule has 0 aromatic heterocycles. The molecule has 2 fully saturated rings. The normalized spacial score (nSPS) is 23.6. The molecule has 6 nitrogen and oxygen atoms in total. The number of carbonyl (C=O) groups is 2. The highest BCUT2D eigenvalue weighted by molar-refractivity contribution is 6.42. The van der Waals surface area contributed by atoms with Crippen LogP contribution in [-0.4, -0.2) is 64.1 Å². The number of piperidine rings is 1. The molecule has 0 spiro atoms. The molecular weight excluding hydrogens is 367 g/mol. The zero-order valence-corrected chi connectivity index (χ0v) is 15.1. The van der Waals surface area contributed by atoms with Crippen molar-refractivity contribution in [1.82, 2.24) is 9.80 Å². The van der Waals surface area contributed by atoms with Crippen LogP contribution in [-0.2, 0) is 9.59 Å². The number of amides is 2. The Bertz CT molecular complexity index is 697. The molecule has 0 bridgehead atoms. The predicted octanol–water partition coefficient (Wildman–Crippen LogP) is 2.00. The van der Waals surface area contributed by atoms with Crippen molar-refractivity contribution in [3.05, 3.63) is 27.7 Å². The minimum atomic E-state index is -0.230. The smallest absolute Gasteiger partial charge is 0.242 e. The molecule has 1 aromatic rings. The Hall–Kier alpha value is -1.50. The summed E-state index contributed by atoms with van der Waals surface area (Å²) in [7, 11) is 0. The average molecular weight is 387 g/mol. The molecule has 1 aromatic carbocycles. The number of phenolic OH excluding ortho intramolecular Hbond substituents is 1. The zero-order valence-electron chi connectivity index (χ0n) is 13.6. The molecule has 8 heteroatoms. The van der Waals surface area contributed by atoms with Crippen molar-refractivity contribution in [2.24, 2.45) is 0 Å². The van der Waals surface area contributed by atoms with Crippen LogP contribution < -0.4 is 0 Å². The fourth-order valence-electron chi connectivity index (χ4n) is 3.78. The van der Waals surface area contributed by atoms with Crippen molar-refractivity contribution in [1.29, 1.82) is 0 Å². The fourth-order valence-corrected chi connectivity index (χ4v) is 4.25. The monoisotopic (exact) mass is 386 g/mol. The summed E-state index contributed by atoms with van der Waals surface area (Å²) in [5, 5.41) is 19.9. The summed E-state index contributed by atoms with van der Waals surface area (Å²) >= 11 is 12.4. The number of hydrogen-bond donors (Lipinski definition) is 2. The SMILES string of the molecule is O=C(CCO)N1CC(=O)N2CCC(c3c(O)ccc(Cl)c3Cl)C[C@@H]2C1. The standard InChI is InChI=1S/C17H20Cl2N2O4/c18-12-1-2-13(23)16(17(12)19)10-3-5-21-11(7-10)8-20(9-15(21)25)14(24)4-6-22/h1-2,10-11,22-23H,3-9H2/t10?,11-/m1/s1. The van der Waals surface area contributed by atoms with Gasteiger partial charge < -0.3 is 20.0 Å². The van der Waals surface area contributed by atoms with Crippen LogP contribution in [0.15, 0.2) is 12.1 Å². The lowest BCUT2D eigenvalue weighted by molar-refractivity contribution is -0.150. The van der Waals surface area contributed by atoms with Crippen molar-refractivity contribution < 1.29 is 19.8 Å². The van der Waals surface area contributed by atoms with Gasteiger partial charge in [-0.25, -0.2) is 0 Å². The lowest BCUT2D eigenvalue weighted by Crippen LogP contribution is -2.60.